The van der Waals surface area contributed by atoms with Gasteiger partial charge in [-0.25, -0.2) is 21.6 Å². The summed E-state index contributed by atoms with van der Waals surface area (Å²) < 4.78 is 79.6. The van der Waals surface area contributed by atoms with Gasteiger partial charge >= 0.3 is 6.03 Å². The van der Waals surface area contributed by atoms with Crippen LogP contribution in [0.4, 0.5) is 16.2 Å². The molecular formula is C51H69Cl3N6O12S2. The lowest BCUT2D eigenvalue weighted by molar-refractivity contribution is 0.128. The van der Waals surface area contributed by atoms with E-state index in [1.54, 1.807) is 12.1 Å². The average molecular weight is 1130 g/mol. The van der Waals surface area contributed by atoms with Gasteiger partial charge in [-0.15, -0.1) is 17.3 Å². The van der Waals surface area contributed by atoms with E-state index < -0.39 is 31.7 Å². The number of nitroso groups, excluding NO2 is 1. The molecule has 4 saturated heterocycles. The minimum atomic E-state index is -3.26. The van der Waals surface area contributed by atoms with E-state index in [1.807, 2.05) is 24.3 Å². The van der Waals surface area contributed by atoms with Crippen LogP contribution in [0.25, 0.3) is 0 Å². The summed E-state index contributed by atoms with van der Waals surface area (Å²) in [5, 5.41) is 9.97. The molecular weight excluding hydrogens is 1060 g/mol. The Morgan fingerprint density at radius 2 is 1.00 bits per heavy atom. The topological polar surface area (TPSA) is 227 Å². The molecule has 0 unspecified atom stereocenters. The Morgan fingerprint density at radius 3 is 1.38 bits per heavy atom. The van der Waals surface area contributed by atoms with E-state index in [0.717, 1.165) is 74.7 Å². The SMILES string of the molecule is COc1cc(N=O)cc(OC)c1OC.COc1cc(NC(=O)N[C@@H]2CS(=O)(=O)C[C@H]2N2CCC(Cc3ccc(Cl)cc3)CC2)cc(OC)c1OC.Cl.N[C@@H]1CS(=O)(=O)C[C@H]1N1CCC(Cc2ccc(Cl)cc2)CC1. The van der Waals surface area contributed by atoms with Gasteiger partial charge in [0.15, 0.2) is 42.7 Å². The Balaban J connectivity index is 0.000000231. The molecule has 0 aliphatic carbocycles. The van der Waals surface area contributed by atoms with Crippen LogP contribution in [0, 0.1) is 16.7 Å². The number of ether oxygens (including phenoxy) is 6. The van der Waals surface area contributed by atoms with Crippen LogP contribution in [-0.2, 0) is 32.5 Å². The maximum atomic E-state index is 12.9. The summed E-state index contributed by atoms with van der Waals surface area (Å²) in [6.45, 7) is 3.49. The Labute approximate surface area is 451 Å². The lowest BCUT2D eigenvalue weighted by Crippen LogP contribution is -2.54. The van der Waals surface area contributed by atoms with Gasteiger partial charge < -0.3 is 44.8 Å². The highest BCUT2D eigenvalue weighted by Gasteiger charge is 2.43. The number of benzene rings is 4. The third-order valence-electron chi connectivity index (χ3n) is 13.8. The fourth-order valence-corrected chi connectivity index (χ4v) is 14.2. The Kier molecular flexibility index (Phi) is 22.6. The highest BCUT2D eigenvalue weighted by molar-refractivity contribution is 7.92. The van der Waals surface area contributed by atoms with Crippen LogP contribution in [0.2, 0.25) is 10.0 Å². The molecule has 0 aromatic heterocycles. The van der Waals surface area contributed by atoms with Gasteiger partial charge in [-0.05, 0) is 117 Å². The number of carbonyl (C=O) groups is 1. The number of carbonyl (C=O) groups excluding carboxylic acids is 1. The highest BCUT2D eigenvalue weighted by Crippen LogP contribution is 2.41. The first-order valence-electron chi connectivity index (χ1n) is 24.0. The van der Waals surface area contributed by atoms with E-state index in [9.17, 15) is 26.5 Å². The molecule has 4 N–H and O–H groups in total. The number of anilines is 1. The van der Waals surface area contributed by atoms with Crippen molar-refractivity contribution in [3.8, 4) is 34.5 Å². The molecule has 8 rings (SSSR count). The van der Waals surface area contributed by atoms with Gasteiger partial charge in [0.1, 0.15) is 5.69 Å². The van der Waals surface area contributed by atoms with Gasteiger partial charge in [0.05, 0.1) is 77.4 Å². The summed E-state index contributed by atoms with van der Waals surface area (Å²) in [5.74, 6) is 4.03. The largest absolute Gasteiger partial charge is 0.493 e. The van der Waals surface area contributed by atoms with Crippen molar-refractivity contribution in [2.45, 2.75) is 62.7 Å². The van der Waals surface area contributed by atoms with Crippen LogP contribution in [0.1, 0.15) is 36.8 Å². The summed E-state index contributed by atoms with van der Waals surface area (Å²) in [5.41, 5.74) is 9.28. The molecule has 0 spiro atoms. The van der Waals surface area contributed by atoms with Crippen molar-refractivity contribution in [1.82, 2.24) is 15.1 Å². The van der Waals surface area contributed by atoms with Crippen LogP contribution in [0.15, 0.2) is 78.0 Å². The number of hydrogen-bond acceptors (Lipinski definition) is 16. The first-order chi connectivity index (χ1) is 34.9. The van der Waals surface area contributed by atoms with Crippen molar-refractivity contribution >= 4 is 72.7 Å². The van der Waals surface area contributed by atoms with Gasteiger partial charge in [-0.3, -0.25) is 9.80 Å². The molecule has 4 fully saturated rings. The van der Waals surface area contributed by atoms with Crippen LogP contribution in [-0.4, -0.2) is 149 Å². The fourth-order valence-electron chi connectivity index (χ4n) is 10.1. The van der Waals surface area contributed by atoms with E-state index in [2.05, 4.69) is 49.9 Å². The Bertz CT molecular complexity index is 2640. The van der Waals surface area contributed by atoms with Crippen molar-refractivity contribution in [3.05, 3.63) is 98.9 Å². The van der Waals surface area contributed by atoms with Gasteiger partial charge in [0.25, 0.3) is 0 Å². The first kappa shape index (κ1) is 60.1. The maximum absolute atomic E-state index is 12.9. The number of halogens is 3. The predicted molar refractivity (Wildman–Crippen MR) is 293 cm³/mol. The van der Waals surface area contributed by atoms with E-state index in [1.165, 1.54) is 65.9 Å². The summed E-state index contributed by atoms with van der Waals surface area (Å²) in [6.07, 6.45) is 6.21. The molecule has 408 valence electrons. The number of piperidine rings is 2. The second kappa shape index (κ2) is 27.8. The van der Waals surface area contributed by atoms with Crippen LogP contribution in [0.5, 0.6) is 34.5 Å². The molecule has 2 amide bonds. The van der Waals surface area contributed by atoms with E-state index in [4.69, 9.17) is 57.4 Å². The zero-order chi connectivity index (χ0) is 52.9. The number of nitrogens with one attached hydrogen (secondary N) is 2. The van der Waals surface area contributed by atoms with Crippen molar-refractivity contribution in [1.29, 1.82) is 0 Å². The molecule has 4 aromatic carbocycles. The highest BCUT2D eigenvalue weighted by atomic mass is 35.5. The molecule has 4 aromatic rings. The normalized spacial score (nSPS) is 21.5. The van der Waals surface area contributed by atoms with Gasteiger partial charge in [0, 0.05) is 52.4 Å². The summed E-state index contributed by atoms with van der Waals surface area (Å²) in [4.78, 5) is 27.7. The van der Waals surface area contributed by atoms with Crippen molar-refractivity contribution in [3.63, 3.8) is 0 Å². The molecule has 4 aliphatic heterocycles. The van der Waals surface area contributed by atoms with E-state index in [-0.39, 0.29) is 59.2 Å². The molecule has 0 bridgehead atoms. The number of methoxy groups -OCH3 is 6. The van der Waals surface area contributed by atoms with Crippen molar-refractivity contribution < 1.29 is 50.1 Å². The standard InChI is InChI=1S/C26H34ClN3O6S.C16H23ClN2O2S.C9H11NO4.ClH/c1-34-23-13-20(14-24(35-2)25(23)36-3)28-26(31)29-21-15-37(32,33)16-22(21)30-10-8-18(9-11-30)12-17-4-6-19(27)7-5-17;17-14-3-1-12(2-4-14)9-13-5-7-19(8-6-13)16-11-22(20,21)10-15(16)18;1-12-7-4-6(10-11)5-8(13-2)9(7)14-3;/h4-7,13-14,18,21-22H,8-12,15-16H2,1-3H3,(H2,28,29,31);1-4,13,15-16H,5-11,18H2;4-5H,1-3H3;1H/t21-,22-;15-,16-;;/m11../s1. The number of urea groups is 1. The quantitative estimate of drug-likeness (QED) is 0.0963. The minimum Gasteiger partial charge on any atom is -0.493 e. The van der Waals surface area contributed by atoms with Gasteiger partial charge in [0.2, 0.25) is 11.5 Å². The zero-order valence-electron chi connectivity index (χ0n) is 42.6. The number of amides is 2. The van der Waals surface area contributed by atoms with E-state index >= 15 is 0 Å². The number of nitrogens with zero attached hydrogens (tertiary/aromatic N) is 3. The number of likely N-dealkylation sites (tertiary alicyclic amines) is 2. The Hall–Kier alpha value is -4.80. The second-order valence-electron chi connectivity index (χ2n) is 18.7. The Morgan fingerprint density at radius 1 is 0.608 bits per heavy atom. The maximum Gasteiger partial charge on any atom is 0.319 e. The van der Waals surface area contributed by atoms with Crippen LogP contribution in [0.3, 0.4) is 0 Å². The van der Waals surface area contributed by atoms with Crippen molar-refractivity contribution in [2.75, 3.05) is 97.2 Å². The first-order valence-corrected chi connectivity index (χ1v) is 28.4. The number of rotatable bonds is 15. The minimum absolute atomic E-state index is 0. The summed E-state index contributed by atoms with van der Waals surface area (Å²) in [6, 6.07) is 20.8. The molecule has 18 nitrogen and oxygen atoms in total. The lowest BCUT2D eigenvalue weighted by Gasteiger charge is -2.38. The third kappa shape index (κ3) is 16.6. The molecule has 4 heterocycles. The lowest BCUT2D eigenvalue weighted by atomic mass is 9.89. The third-order valence-corrected chi connectivity index (χ3v) is 17.8. The molecule has 4 aliphatic rings. The average Bonchev–Trinajstić information content (AvgIpc) is 3.85. The van der Waals surface area contributed by atoms with E-state index in [0.29, 0.717) is 52.0 Å². The second-order valence-corrected chi connectivity index (χ2v) is 23.8. The predicted octanol–water partition coefficient (Wildman–Crippen LogP) is 7.86. The molecule has 0 radical (unpaired) electrons. The van der Waals surface area contributed by atoms with Crippen LogP contribution < -0.4 is 44.8 Å². The number of hydrogen-bond donors (Lipinski definition) is 3. The van der Waals surface area contributed by atoms with Gasteiger partial charge in [-0.2, -0.15) is 0 Å². The number of nitrogens with two attached hydrogens (primary N) is 1. The fraction of sp³-hybridized carbons (Fsp3) is 0.510. The smallest absolute Gasteiger partial charge is 0.319 e. The molecule has 23 heteroatoms. The zero-order valence-corrected chi connectivity index (χ0v) is 46.6. The number of sulfone groups is 2. The van der Waals surface area contributed by atoms with Crippen molar-refractivity contribution in [2.24, 2.45) is 22.7 Å². The van der Waals surface area contributed by atoms with Gasteiger partial charge in [-0.1, -0.05) is 47.5 Å². The summed E-state index contributed by atoms with van der Waals surface area (Å²) in [7, 11) is 2.74. The molecule has 4 atom stereocenters. The monoisotopic (exact) mass is 1130 g/mol. The molecule has 74 heavy (non-hydrogen) atoms. The summed E-state index contributed by atoms with van der Waals surface area (Å²) >= 11 is 11.9. The molecule has 0 saturated carbocycles. The van der Waals surface area contributed by atoms with Crippen LogP contribution >= 0.6 is 35.6 Å².